The molecule has 0 bridgehead atoms. The van der Waals surface area contributed by atoms with E-state index in [0.717, 1.165) is 5.92 Å². The maximum atomic E-state index is 2.35. The van der Waals surface area contributed by atoms with Gasteiger partial charge in [-0.15, -0.1) is 0 Å². The fraction of sp³-hybridized carbons (Fsp3) is 0.421. The molecule has 20 heavy (non-hydrogen) atoms. The van der Waals surface area contributed by atoms with Crippen molar-refractivity contribution < 1.29 is 4.57 Å². The van der Waals surface area contributed by atoms with Gasteiger partial charge in [0.15, 0.2) is 6.20 Å². The summed E-state index contributed by atoms with van der Waals surface area (Å²) < 4.78 is 2.30. The summed E-state index contributed by atoms with van der Waals surface area (Å²) in [5.41, 5.74) is 5.51. The van der Waals surface area contributed by atoms with Gasteiger partial charge in [0.1, 0.15) is 7.05 Å². The van der Waals surface area contributed by atoms with Crippen LogP contribution in [-0.4, -0.2) is 0 Å². The molecule has 0 unspecified atom stereocenters. The Hall–Kier alpha value is -1.63. The molecule has 0 aliphatic heterocycles. The van der Waals surface area contributed by atoms with E-state index < -0.39 is 0 Å². The number of hydrogen-bond acceptors (Lipinski definition) is 0. The Kier molecular flexibility index (Phi) is 3.86. The van der Waals surface area contributed by atoms with Gasteiger partial charge in [-0.2, -0.15) is 0 Å². The zero-order chi connectivity index (χ0) is 13.9. The van der Waals surface area contributed by atoms with Gasteiger partial charge in [0.25, 0.3) is 0 Å². The van der Waals surface area contributed by atoms with E-state index in [1.807, 2.05) is 0 Å². The minimum Gasteiger partial charge on any atom is -0.201 e. The van der Waals surface area contributed by atoms with E-state index in [-0.39, 0.29) is 0 Å². The third kappa shape index (κ3) is 2.63. The maximum Gasteiger partial charge on any atom is 0.212 e. The van der Waals surface area contributed by atoms with Crippen molar-refractivity contribution in [3.8, 4) is 11.3 Å². The van der Waals surface area contributed by atoms with Crippen LogP contribution in [0.5, 0.6) is 0 Å². The molecule has 1 aliphatic rings. The first-order chi connectivity index (χ1) is 9.75. The zero-order valence-corrected chi connectivity index (χ0v) is 12.6. The van der Waals surface area contributed by atoms with Crippen LogP contribution in [0.2, 0.25) is 0 Å². The molecule has 1 nitrogen and oxygen atoms in total. The van der Waals surface area contributed by atoms with Crippen molar-refractivity contribution >= 4 is 0 Å². The number of aromatic nitrogens is 1. The molecule has 2 aromatic rings. The van der Waals surface area contributed by atoms with Gasteiger partial charge in [-0.1, -0.05) is 37.5 Å². The number of aryl methyl sites for hydroxylation is 2. The molecule has 104 valence electrons. The highest BCUT2D eigenvalue weighted by Crippen LogP contribution is 2.32. The van der Waals surface area contributed by atoms with Crippen LogP contribution in [0.15, 0.2) is 42.6 Å². The predicted octanol–water partition coefficient (Wildman–Crippen LogP) is 4.53. The molecular weight excluding hydrogens is 242 g/mol. The summed E-state index contributed by atoms with van der Waals surface area (Å²) in [6.07, 6.45) is 9.29. The van der Waals surface area contributed by atoms with Crippen LogP contribution >= 0.6 is 0 Å². The molecule has 1 fully saturated rings. The van der Waals surface area contributed by atoms with Crippen molar-refractivity contribution in [1.82, 2.24) is 0 Å². The van der Waals surface area contributed by atoms with Crippen molar-refractivity contribution in [3.05, 3.63) is 53.7 Å². The van der Waals surface area contributed by atoms with Crippen LogP contribution < -0.4 is 4.57 Å². The highest BCUT2D eigenvalue weighted by atomic mass is 14.9. The van der Waals surface area contributed by atoms with Crippen LogP contribution in [0, 0.1) is 6.92 Å². The van der Waals surface area contributed by atoms with E-state index >= 15 is 0 Å². The second kappa shape index (κ2) is 5.78. The third-order valence-corrected chi connectivity index (χ3v) is 4.65. The monoisotopic (exact) mass is 266 g/mol. The molecule has 1 heteroatoms. The molecule has 1 aromatic heterocycles. The van der Waals surface area contributed by atoms with E-state index in [0.29, 0.717) is 0 Å². The Morgan fingerprint density at radius 2 is 1.70 bits per heavy atom. The largest absolute Gasteiger partial charge is 0.212 e. The van der Waals surface area contributed by atoms with Gasteiger partial charge in [0.2, 0.25) is 5.69 Å². The van der Waals surface area contributed by atoms with Crippen molar-refractivity contribution in [2.75, 3.05) is 0 Å². The first kappa shape index (κ1) is 13.4. The molecule has 1 aromatic carbocycles. The lowest BCUT2D eigenvalue weighted by molar-refractivity contribution is -0.660. The molecule has 0 N–H and O–H groups in total. The summed E-state index contributed by atoms with van der Waals surface area (Å²) in [5, 5.41) is 0. The summed E-state index contributed by atoms with van der Waals surface area (Å²) in [5.74, 6) is 0.779. The SMILES string of the molecule is Cc1ccccc1-c1ccc(C2CCCCC2)c[n+]1C. The van der Waals surface area contributed by atoms with Gasteiger partial charge < -0.3 is 0 Å². The van der Waals surface area contributed by atoms with E-state index in [1.165, 1.54) is 54.5 Å². The minimum absolute atomic E-state index is 0.779. The lowest BCUT2D eigenvalue weighted by Crippen LogP contribution is -2.32. The van der Waals surface area contributed by atoms with Crippen LogP contribution in [0.25, 0.3) is 11.3 Å². The van der Waals surface area contributed by atoms with Crippen LogP contribution in [0.4, 0.5) is 0 Å². The van der Waals surface area contributed by atoms with Crippen molar-refractivity contribution in [2.24, 2.45) is 7.05 Å². The first-order valence-electron chi connectivity index (χ1n) is 7.81. The van der Waals surface area contributed by atoms with E-state index in [2.05, 4.69) is 61.1 Å². The zero-order valence-electron chi connectivity index (χ0n) is 12.6. The average Bonchev–Trinajstić information content (AvgIpc) is 2.49. The number of benzene rings is 1. The topological polar surface area (TPSA) is 3.88 Å². The number of nitrogens with zero attached hydrogens (tertiary/aromatic N) is 1. The number of pyridine rings is 1. The Labute approximate surface area is 122 Å². The third-order valence-electron chi connectivity index (χ3n) is 4.65. The summed E-state index contributed by atoms with van der Waals surface area (Å²) in [4.78, 5) is 0. The van der Waals surface area contributed by atoms with Crippen molar-refractivity contribution in [1.29, 1.82) is 0 Å². The van der Waals surface area contributed by atoms with Gasteiger partial charge in [0, 0.05) is 17.2 Å². The molecular formula is C19H24N+. The molecule has 0 radical (unpaired) electrons. The van der Waals surface area contributed by atoms with Crippen molar-refractivity contribution in [2.45, 2.75) is 44.9 Å². The highest BCUT2D eigenvalue weighted by molar-refractivity contribution is 5.60. The van der Waals surface area contributed by atoms with Gasteiger partial charge in [0.05, 0.1) is 0 Å². The highest BCUT2D eigenvalue weighted by Gasteiger charge is 2.19. The summed E-state index contributed by atoms with van der Waals surface area (Å²) >= 11 is 0. The smallest absolute Gasteiger partial charge is 0.201 e. The normalized spacial score (nSPS) is 16.3. The van der Waals surface area contributed by atoms with Crippen LogP contribution in [0.1, 0.15) is 49.1 Å². The Balaban J connectivity index is 1.93. The molecule has 1 aliphatic carbocycles. The standard InChI is InChI=1S/C19H24N/c1-15-8-6-7-11-18(15)19-13-12-17(14-20(19)2)16-9-4-3-5-10-16/h6-8,11-14,16H,3-5,9-10H2,1-2H3/q+1. The number of hydrogen-bond donors (Lipinski definition) is 0. The Bertz CT molecular complexity index is 594. The van der Waals surface area contributed by atoms with E-state index in [1.54, 1.807) is 0 Å². The fourth-order valence-corrected chi connectivity index (χ4v) is 3.45. The number of rotatable bonds is 2. The lowest BCUT2D eigenvalue weighted by Gasteiger charge is -2.21. The predicted molar refractivity (Wildman–Crippen MR) is 83.6 cm³/mol. The Morgan fingerprint density at radius 1 is 0.950 bits per heavy atom. The first-order valence-corrected chi connectivity index (χ1v) is 7.81. The molecule has 0 amide bonds. The summed E-state index contributed by atoms with van der Waals surface area (Å²) in [6.45, 7) is 2.18. The molecule has 0 spiro atoms. The summed E-state index contributed by atoms with van der Waals surface area (Å²) in [6, 6.07) is 13.3. The van der Waals surface area contributed by atoms with E-state index in [4.69, 9.17) is 0 Å². The molecule has 1 heterocycles. The maximum absolute atomic E-state index is 2.35. The average molecular weight is 266 g/mol. The van der Waals surface area contributed by atoms with Gasteiger partial charge >= 0.3 is 0 Å². The molecule has 3 rings (SSSR count). The Morgan fingerprint density at radius 3 is 2.40 bits per heavy atom. The molecule has 0 saturated heterocycles. The second-order valence-electron chi connectivity index (χ2n) is 6.11. The summed E-state index contributed by atoms with van der Waals surface area (Å²) in [7, 11) is 2.17. The second-order valence-corrected chi connectivity index (χ2v) is 6.11. The fourth-order valence-electron chi connectivity index (χ4n) is 3.45. The molecule has 1 saturated carbocycles. The van der Waals surface area contributed by atoms with E-state index in [9.17, 15) is 0 Å². The lowest BCUT2D eigenvalue weighted by atomic mass is 9.84. The quantitative estimate of drug-likeness (QED) is 0.703. The van der Waals surface area contributed by atoms with Gasteiger partial charge in [-0.3, -0.25) is 0 Å². The van der Waals surface area contributed by atoms with Gasteiger partial charge in [-0.05, 0) is 43.4 Å². The minimum atomic E-state index is 0.779. The van der Waals surface area contributed by atoms with Crippen LogP contribution in [-0.2, 0) is 7.05 Å². The molecule has 0 atom stereocenters. The van der Waals surface area contributed by atoms with Crippen molar-refractivity contribution in [3.63, 3.8) is 0 Å². The van der Waals surface area contributed by atoms with Gasteiger partial charge in [-0.25, -0.2) is 4.57 Å². The van der Waals surface area contributed by atoms with Crippen LogP contribution in [0.3, 0.4) is 0 Å².